The predicted octanol–water partition coefficient (Wildman–Crippen LogP) is 4.95. The number of carbonyl (C=O) groups excluding carboxylic acids is 1. The van der Waals surface area contributed by atoms with E-state index in [1.807, 2.05) is 45.0 Å². The van der Waals surface area contributed by atoms with Gasteiger partial charge in [-0.05, 0) is 44.0 Å². The van der Waals surface area contributed by atoms with E-state index in [-0.39, 0.29) is 11.7 Å². The van der Waals surface area contributed by atoms with Crippen LogP contribution in [0.15, 0.2) is 40.7 Å². The zero-order valence-electron chi connectivity index (χ0n) is 16.2. The van der Waals surface area contributed by atoms with Crippen LogP contribution in [-0.4, -0.2) is 29.0 Å². The van der Waals surface area contributed by atoms with E-state index in [1.165, 1.54) is 28.7 Å². The molecule has 1 amide bonds. The van der Waals surface area contributed by atoms with E-state index >= 15 is 0 Å². The van der Waals surface area contributed by atoms with Crippen molar-refractivity contribution < 1.29 is 9.53 Å². The lowest BCUT2D eigenvalue weighted by atomic mass is 10.1. The predicted molar refractivity (Wildman–Crippen MR) is 116 cm³/mol. The van der Waals surface area contributed by atoms with Gasteiger partial charge in [-0.3, -0.25) is 4.79 Å². The molecule has 6 nitrogen and oxygen atoms in total. The fourth-order valence-electron chi connectivity index (χ4n) is 2.86. The van der Waals surface area contributed by atoms with E-state index in [0.29, 0.717) is 5.13 Å². The molecule has 0 bridgehead atoms. The van der Waals surface area contributed by atoms with E-state index in [9.17, 15) is 4.79 Å². The second kappa shape index (κ2) is 9.07. The van der Waals surface area contributed by atoms with Crippen molar-refractivity contribution in [2.24, 2.45) is 0 Å². The average Bonchev–Trinajstić information content (AvgIpc) is 3.11. The Bertz CT molecular complexity index is 965. The van der Waals surface area contributed by atoms with Gasteiger partial charge in [0, 0.05) is 5.69 Å². The number of benzene rings is 2. The zero-order valence-corrected chi connectivity index (χ0v) is 17.8. The highest BCUT2D eigenvalue weighted by atomic mass is 32.2. The molecule has 0 aliphatic rings. The second-order valence-electron chi connectivity index (χ2n) is 6.31. The number of anilines is 3. The van der Waals surface area contributed by atoms with Gasteiger partial charge in [0.05, 0.1) is 18.6 Å². The first-order valence-corrected chi connectivity index (χ1v) is 10.5. The smallest absolute Gasteiger partial charge is 0.234 e. The molecule has 0 saturated heterocycles. The number of amides is 1. The number of nitrogens with zero attached hydrogens (tertiary/aromatic N) is 2. The largest absolute Gasteiger partial charge is 0.495 e. The minimum absolute atomic E-state index is 0.0607. The van der Waals surface area contributed by atoms with Gasteiger partial charge in [-0.1, -0.05) is 52.9 Å². The molecule has 0 saturated carbocycles. The number of carbonyl (C=O) groups is 1. The molecule has 1 heterocycles. The molecule has 2 N–H and O–H groups in total. The molecule has 2 aromatic carbocycles. The molecule has 28 heavy (non-hydrogen) atoms. The van der Waals surface area contributed by atoms with E-state index < -0.39 is 0 Å². The normalized spacial score (nSPS) is 10.6. The molecular formula is C20H22N4O2S2. The van der Waals surface area contributed by atoms with Gasteiger partial charge in [-0.25, -0.2) is 0 Å². The average molecular weight is 415 g/mol. The lowest BCUT2D eigenvalue weighted by molar-refractivity contribution is -0.113. The van der Waals surface area contributed by atoms with Crippen LogP contribution in [0.2, 0.25) is 0 Å². The standard InChI is InChI=1S/C20H22N4O2S2/c1-12-9-13(2)18(14(3)10-12)22-17(25)11-27-20-24-23-19(28-20)21-15-7-5-6-8-16(15)26-4/h5-10H,11H2,1-4H3,(H,21,23)(H,22,25). The number of aromatic nitrogens is 2. The van der Waals surface area contributed by atoms with Crippen molar-refractivity contribution in [1.82, 2.24) is 10.2 Å². The second-order valence-corrected chi connectivity index (χ2v) is 8.51. The Labute approximate surface area is 172 Å². The van der Waals surface area contributed by atoms with Crippen molar-refractivity contribution in [3.8, 4) is 5.75 Å². The zero-order chi connectivity index (χ0) is 20.1. The number of rotatable bonds is 7. The maximum Gasteiger partial charge on any atom is 0.234 e. The number of hydrogen-bond donors (Lipinski definition) is 2. The molecule has 3 rings (SSSR count). The molecular weight excluding hydrogens is 392 g/mol. The molecule has 0 unspecified atom stereocenters. The Hall–Kier alpha value is -2.58. The molecule has 0 radical (unpaired) electrons. The molecule has 0 aliphatic carbocycles. The third kappa shape index (κ3) is 5.02. The summed E-state index contributed by atoms with van der Waals surface area (Å²) in [5, 5.41) is 15.1. The number of nitrogens with one attached hydrogen (secondary N) is 2. The Morgan fingerprint density at radius 2 is 1.86 bits per heavy atom. The summed E-state index contributed by atoms with van der Waals surface area (Å²) in [4.78, 5) is 12.3. The van der Waals surface area contributed by atoms with Crippen molar-refractivity contribution in [2.45, 2.75) is 25.1 Å². The number of ether oxygens (including phenoxy) is 1. The van der Waals surface area contributed by atoms with Gasteiger partial charge in [0.2, 0.25) is 11.0 Å². The first-order valence-electron chi connectivity index (χ1n) is 8.70. The van der Waals surface area contributed by atoms with Crippen molar-refractivity contribution >= 4 is 45.5 Å². The summed E-state index contributed by atoms with van der Waals surface area (Å²) < 4.78 is 6.05. The third-order valence-corrected chi connectivity index (χ3v) is 6.00. The van der Waals surface area contributed by atoms with Crippen molar-refractivity contribution in [3.63, 3.8) is 0 Å². The van der Waals surface area contributed by atoms with Crippen LogP contribution >= 0.6 is 23.1 Å². The van der Waals surface area contributed by atoms with Gasteiger partial charge >= 0.3 is 0 Å². The van der Waals surface area contributed by atoms with Crippen LogP contribution in [0.3, 0.4) is 0 Å². The Balaban J connectivity index is 1.58. The fraction of sp³-hybridized carbons (Fsp3) is 0.250. The third-order valence-electron chi connectivity index (χ3n) is 4.02. The Morgan fingerprint density at radius 3 is 2.57 bits per heavy atom. The molecule has 3 aromatic rings. The number of hydrogen-bond acceptors (Lipinski definition) is 7. The Kier molecular flexibility index (Phi) is 6.53. The minimum atomic E-state index is -0.0607. The molecule has 146 valence electrons. The number of aryl methyl sites for hydroxylation is 3. The highest BCUT2D eigenvalue weighted by Gasteiger charge is 2.12. The molecule has 1 aromatic heterocycles. The van der Waals surface area contributed by atoms with E-state index in [0.717, 1.165) is 32.6 Å². The summed E-state index contributed by atoms with van der Waals surface area (Å²) in [7, 11) is 1.62. The van der Waals surface area contributed by atoms with Gasteiger partial charge in [-0.15, -0.1) is 10.2 Å². The molecule has 0 fully saturated rings. The van der Waals surface area contributed by atoms with Crippen LogP contribution in [0.4, 0.5) is 16.5 Å². The van der Waals surface area contributed by atoms with Gasteiger partial charge in [0.25, 0.3) is 0 Å². The van der Waals surface area contributed by atoms with Crippen molar-refractivity contribution in [2.75, 3.05) is 23.5 Å². The first-order chi connectivity index (χ1) is 13.5. The number of para-hydroxylation sites is 2. The summed E-state index contributed by atoms with van der Waals surface area (Å²) in [6, 6.07) is 11.7. The van der Waals surface area contributed by atoms with Crippen LogP contribution in [0.1, 0.15) is 16.7 Å². The highest BCUT2D eigenvalue weighted by molar-refractivity contribution is 8.01. The van der Waals surface area contributed by atoms with Crippen molar-refractivity contribution in [1.29, 1.82) is 0 Å². The summed E-state index contributed by atoms with van der Waals surface area (Å²) in [6.45, 7) is 6.06. The lowest BCUT2D eigenvalue weighted by Crippen LogP contribution is -2.15. The molecule has 8 heteroatoms. The molecule has 0 aliphatic heterocycles. The molecule has 0 spiro atoms. The summed E-state index contributed by atoms with van der Waals surface area (Å²) in [5.74, 6) is 0.945. The van der Waals surface area contributed by atoms with Gasteiger partial charge in [0.1, 0.15) is 5.75 Å². The molecule has 0 atom stereocenters. The van der Waals surface area contributed by atoms with Crippen LogP contribution in [0, 0.1) is 20.8 Å². The van der Waals surface area contributed by atoms with E-state index in [1.54, 1.807) is 7.11 Å². The minimum Gasteiger partial charge on any atom is -0.495 e. The lowest BCUT2D eigenvalue weighted by Gasteiger charge is -2.12. The maximum atomic E-state index is 12.3. The van der Waals surface area contributed by atoms with Crippen LogP contribution in [0.5, 0.6) is 5.75 Å². The van der Waals surface area contributed by atoms with Crippen LogP contribution < -0.4 is 15.4 Å². The number of thioether (sulfide) groups is 1. The highest BCUT2D eigenvalue weighted by Crippen LogP contribution is 2.31. The summed E-state index contributed by atoms with van der Waals surface area (Å²) in [6.07, 6.45) is 0. The Morgan fingerprint density at radius 1 is 1.14 bits per heavy atom. The van der Waals surface area contributed by atoms with Crippen LogP contribution in [0.25, 0.3) is 0 Å². The van der Waals surface area contributed by atoms with Gasteiger partial charge in [-0.2, -0.15) is 0 Å². The SMILES string of the molecule is COc1ccccc1Nc1nnc(SCC(=O)Nc2c(C)cc(C)cc2C)s1. The summed E-state index contributed by atoms with van der Waals surface area (Å²) >= 11 is 2.76. The van der Waals surface area contributed by atoms with E-state index in [2.05, 4.69) is 33.0 Å². The van der Waals surface area contributed by atoms with Gasteiger partial charge < -0.3 is 15.4 Å². The first kappa shape index (κ1) is 20.2. The van der Waals surface area contributed by atoms with Gasteiger partial charge in [0.15, 0.2) is 4.34 Å². The monoisotopic (exact) mass is 414 g/mol. The van der Waals surface area contributed by atoms with E-state index in [4.69, 9.17) is 4.74 Å². The maximum absolute atomic E-state index is 12.3. The quantitative estimate of drug-likeness (QED) is 0.533. The fourth-order valence-corrected chi connectivity index (χ4v) is 4.43. The topological polar surface area (TPSA) is 76.1 Å². The summed E-state index contributed by atoms with van der Waals surface area (Å²) in [5.41, 5.74) is 5.02. The number of methoxy groups -OCH3 is 1. The van der Waals surface area contributed by atoms with Crippen LogP contribution in [-0.2, 0) is 4.79 Å². The van der Waals surface area contributed by atoms with Crippen molar-refractivity contribution in [3.05, 3.63) is 53.1 Å².